The van der Waals surface area contributed by atoms with Crippen LogP contribution in [0.4, 0.5) is 0 Å². The summed E-state index contributed by atoms with van der Waals surface area (Å²) in [5, 5.41) is 22.1. The lowest BCUT2D eigenvalue weighted by molar-refractivity contribution is -0.138. The highest BCUT2D eigenvalue weighted by molar-refractivity contribution is 6.30. The van der Waals surface area contributed by atoms with E-state index in [-0.39, 0.29) is 11.7 Å². The molecule has 7 nitrogen and oxygen atoms in total. The summed E-state index contributed by atoms with van der Waals surface area (Å²) in [6.45, 7) is 2.83. The average molecular weight is 415 g/mol. The van der Waals surface area contributed by atoms with Gasteiger partial charge >= 0.3 is 5.97 Å². The fraction of sp³-hybridized carbons (Fsp3) is 0.190. The van der Waals surface area contributed by atoms with E-state index in [0.29, 0.717) is 32.7 Å². The Morgan fingerprint density at radius 3 is 2.41 bits per heavy atom. The van der Waals surface area contributed by atoms with Crippen molar-refractivity contribution in [2.45, 2.75) is 19.8 Å². The molecule has 0 unspecified atom stereocenters. The Labute approximate surface area is 171 Å². The Morgan fingerprint density at radius 1 is 1.14 bits per heavy atom. The summed E-state index contributed by atoms with van der Waals surface area (Å²) in [5.74, 6) is -2.69. The zero-order valence-corrected chi connectivity index (χ0v) is 16.5. The van der Waals surface area contributed by atoms with Crippen LogP contribution in [0.3, 0.4) is 0 Å². The molecule has 0 bridgehead atoms. The van der Waals surface area contributed by atoms with Crippen molar-refractivity contribution in [1.29, 1.82) is 0 Å². The summed E-state index contributed by atoms with van der Waals surface area (Å²) < 4.78 is 1.48. The van der Waals surface area contributed by atoms with E-state index in [1.807, 2.05) is 0 Å². The molecule has 1 heterocycles. The Morgan fingerprint density at radius 2 is 1.79 bits per heavy atom. The zero-order valence-electron chi connectivity index (χ0n) is 15.8. The van der Waals surface area contributed by atoms with Gasteiger partial charge in [0.05, 0.1) is 11.4 Å². The van der Waals surface area contributed by atoms with Crippen molar-refractivity contribution in [3.8, 4) is 5.75 Å². The summed E-state index contributed by atoms with van der Waals surface area (Å²) in [6.07, 6.45) is 0. The number of fused-ring (bicyclic) bond motifs is 1. The minimum Gasteiger partial charge on any atom is -0.508 e. The number of amides is 1. The van der Waals surface area contributed by atoms with Gasteiger partial charge in [-0.25, -0.2) is 0 Å². The summed E-state index contributed by atoms with van der Waals surface area (Å²) in [4.78, 5) is 36.4. The predicted molar refractivity (Wildman–Crippen MR) is 109 cm³/mol. The van der Waals surface area contributed by atoms with Crippen LogP contribution >= 0.6 is 11.6 Å². The predicted octanol–water partition coefficient (Wildman–Crippen LogP) is 3.30. The largest absolute Gasteiger partial charge is 0.508 e. The summed E-state index contributed by atoms with van der Waals surface area (Å²) >= 11 is 5.91. The fourth-order valence-electron chi connectivity index (χ4n) is 3.41. The third kappa shape index (κ3) is 3.95. The lowest BCUT2D eigenvalue weighted by Gasteiger charge is -2.13. The van der Waals surface area contributed by atoms with Crippen LogP contribution in [0, 0.1) is 6.92 Å². The maximum absolute atomic E-state index is 13.2. The molecule has 29 heavy (non-hydrogen) atoms. The molecule has 0 saturated carbocycles. The van der Waals surface area contributed by atoms with Gasteiger partial charge in [-0.3, -0.25) is 19.0 Å². The molecule has 3 rings (SSSR count). The molecule has 150 valence electrons. The summed E-state index contributed by atoms with van der Waals surface area (Å²) in [7, 11) is 0. The zero-order chi connectivity index (χ0) is 21.3. The summed E-state index contributed by atoms with van der Waals surface area (Å²) in [5.41, 5.74) is 2.02. The summed E-state index contributed by atoms with van der Waals surface area (Å²) in [6, 6.07) is 11.0. The molecule has 8 heteroatoms. The van der Waals surface area contributed by atoms with Gasteiger partial charge < -0.3 is 15.5 Å². The molecule has 1 aromatic heterocycles. The van der Waals surface area contributed by atoms with Gasteiger partial charge in [-0.05, 0) is 61.9 Å². The van der Waals surface area contributed by atoms with Crippen LogP contribution in [0.2, 0.25) is 5.02 Å². The smallest absolute Gasteiger partial charge is 0.322 e. The first-order chi connectivity index (χ1) is 13.7. The van der Waals surface area contributed by atoms with Crippen LogP contribution in [0.5, 0.6) is 5.75 Å². The van der Waals surface area contributed by atoms with Crippen molar-refractivity contribution in [3.63, 3.8) is 0 Å². The van der Waals surface area contributed by atoms with E-state index in [4.69, 9.17) is 16.7 Å². The Kier molecular flexibility index (Phi) is 5.61. The van der Waals surface area contributed by atoms with Gasteiger partial charge in [0.25, 0.3) is 5.91 Å². The number of carbonyl (C=O) groups excluding carboxylic acids is 2. The van der Waals surface area contributed by atoms with E-state index in [2.05, 4.69) is 5.32 Å². The van der Waals surface area contributed by atoms with Gasteiger partial charge in [-0.1, -0.05) is 11.6 Å². The molecule has 0 aliphatic carbocycles. The second-order valence-corrected chi connectivity index (χ2v) is 7.12. The van der Waals surface area contributed by atoms with Gasteiger partial charge in [0.15, 0.2) is 0 Å². The Hall–Kier alpha value is -3.32. The number of carbonyl (C=O) groups is 3. The maximum Gasteiger partial charge on any atom is 0.322 e. The third-order valence-corrected chi connectivity index (χ3v) is 5.02. The number of aromatic hydroxyl groups is 1. The normalized spacial score (nSPS) is 12.0. The SMILES string of the molecule is Cc1c([C@H](C)C(=O)NCC(=O)O)c2cc(O)ccc2n1C(=O)c1ccc(Cl)cc1. The molecular weight excluding hydrogens is 396 g/mol. The van der Waals surface area contributed by atoms with Crippen molar-refractivity contribution in [1.82, 2.24) is 9.88 Å². The van der Waals surface area contributed by atoms with Crippen LogP contribution in [0.1, 0.15) is 34.5 Å². The Balaban J connectivity index is 2.14. The van der Waals surface area contributed by atoms with E-state index in [9.17, 15) is 19.5 Å². The molecule has 0 spiro atoms. The van der Waals surface area contributed by atoms with E-state index < -0.39 is 24.3 Å². The molecule has 0 radical (unpaired) electrons. The first-order valence-corrected chi connectivity index (χ1v) is 9.22. The van der Waals surface area contributed by atoms with Gasteiger partial charge in [-0.2, -0.15) is 0 Å². The number of carboxylic acid groups (broad SMARTS) is 1. The maximum atomic E-state index is 13.2. The monoisotopic (exact) mass is 414 g/mol. The number of phenolic OH excluding ortho intramolecular Hbond substituents is 1. The van der Waals surface area contributed by atoms with Gasteiger partial charge in [0.2, 0.25) is 5.91 Å². The van der Waals surface area contributed by atoms with Crippen LogP contribution < -0.4 is 5.32 Å². The fourth-order valence-corrected chi connectivity index (χ4v) is 3.53. The first kappa shape index (κ1) is 20.4. The van der Waals surface area contributed by atoms with Crippen molar-refractivity contribution < 1.29 is 24.6 Å². The number of rotatable bonds is 5. The highest BCUT2D eigenvalue weighted by Gasteiger charge is 2.27. The first-order valence-electron chi connectivity index (χ1n) is 8.84. The third-order valence-electron chi connectivity index (χ3n) is 4.77. The molecular formula is C21H19ClN2O5. The number of aromatic nitrogens is 1. The molecule has 0 aliphatic heterocycles. The number of benzene rings is 2. The van der Waals surface area contributed by atoms with E-state index in [0.717, 1.165) is 0 Å². The minimum atomic E-state index is -1.15. The topological polar surface area (TPSA) is 109 Å². The number of phenols is 1. The Bertz CT molecular complexity index is 1120. The number of nitrogens with one attached hydrogen (secondary N) is 1. The van der Waals surface area contributed by atoms with Crippen LogP contribution in [0.15, 0.2) is 42.5 Å². The van der Waals surface area contributed by atoms with Crippen molar-refractivity contribution in [3.05, 3.63) is 64.3 Å². The number of nitrogens with zero attached hydrogens (tertiary/aromatic N) is 1. The average Bonchev–Trinajstić information content (AvgIpc) is 2.96. The molecule has 0 fully saturated rings. The van der Waals surface area contributed by atoms with Crippen molar-refractivity contribution >= 4 is 40.3 Å². The van der Waals surface area contributed by atoms with Crippen molar-refractivity contribution in [2.24, 2.45) is 0 Å². The van der Waals surface area contributed by atoms with Crippen LogP contribution in [0.25, 0.3) is 10.9 Å². The quantitative estimate of drug-likeness (QED) is 0.593. The van der Waals surface area contributed by atoms with Crippen molar-refractivity contribution in [2.75, 3.05) is 6.54 Å². The number of aliphatic carboxylic acids is 1. The lowest BCUT2D eigenvalue weighted by atomic mass is 9.97. The minimum absolute atomic E-state index is 0.00649. The molecule has 1 atom stereocenters. The van der Waals surface area contributed by atoms with E-state index in [1.54, 1.807) is 44.2 Å². The second kappa shape index (κ2) is 7.97. The second-order valence-electron chi connectivity index (χ2n) is 6.68. The lowest BCUT2D eigenvalue weighted by Crippen LogP contribution is -2.32. The molecule has 2 aromatic carbocycles. The van der Waals surface area contributed by atoms with E-state index >= 15 is 0 Å². The number of halogens is 1. The molecule has 0 aliphatic rings. The highest BCUT2D eigenvalue weighted by atomic mass is 35.5. The van der Waals surface area contributed by atoms with Gasteiger partial charge in [-0.15, -0.1) is 0 Å². The standard InChI is InChI=1S/C21H19ClN2O5/c1-11(20(28)23-10-18(26)27)19-12(2)24(17-8-7-15(25)9-16(17)19)21(29)13-3-5-14(22)6-4-13/h3-9,11,25H,10H2,1-2H3,(H,23,28)(H,26,27)/t11-/m0/s1. The van der Waals surface area contributed by atoms with Gasteiger partial charge in [0.1, 0.15) is 12.3 Å². The number of carboxylic acids is 1. The highest BCUT2D eigenvalue weighted by Crippen LogP contribution is 2.34. The van der Waals surface area contributed by atoms with Gasteiger partial charge in [0, 0.05) is 21.7 Å². The number of hydrogen-bond donors (Lipinski definition) is 3. The number of hydrogen-bond acceptors (Lipinski definition) is 4. The molecule has 0 saturated heterocycles. The molecule has 3 N–H and O–H groups in total. The molecule has 3 aromatic rings. The van der Waals surface area contributed by atoms with Crippen LogP contribution in [-0.2, 0) is 9.59 Å². The van der Waals surface area contributed by atoms with E-state index in [1.165, 1.54) is 16.7 Å². The molecule has 1 amide bonds. The van der Waals surface area contributed by atoms with Crippen LogP contribution in [-0.4, -0.2) is 39.1 Å².